The monoisotopic (exact) mass is 523 g/mol. The fourth-order valence-corrected chi connectivity index (χ4v) is 3.25. The van der Waals surface area contributed by atoms with Crippen LogP contribution in [-0.2, 0) is 27.3 Å². The van der Waals surface area contributed by atoms with Crippen LogP contribution in [0.2, 0.25) is 15.1 Å². The summed E-state index contributed by atoms with van der Waals surface area (Å²) in [6.07, 6.45) is -3.23. The van der Waals surface area contributed by atoms with Crippen LogP contribution in [0.25, 0.3) is 0 Å². The molecule has 0 unspecified atom stereocenters. The van der Waals surface area contributed by atoms with Gasteiger partial charge in [0.1, 0.15) is 24.5 Å². The number of alkyl halides is 3. The first-order chi connectivity index (χ1) is 15.6. The van der Waals surface area contributed by atoms with Crippen molar-refractivity contribution in [2.75, 3.05) is 11.9 Å². The largest absolute Gasteiger partial charge is 0.417 e. The van der Waals surface area contributed by atoms with E-state index in [1.54, 1.807) is 18.2 Å². The number of carbonyl (C=O) groups is 1. The molecule has 1 aromatic heterocycles. The summed E-state index contributed by atoms with van der Waals surface area (Å²) in [6.45, 7) is 0.179. The lowest BCUT2D eigenvalue weighted by atomic mass is 10.1. The molecule has 14 heteroatoms. The van der Waals surface area contributed by atoms with Crippen LogP contribution >= 0.6 is 34.8 Å². The molecule has 33 heavy (non-hydrogen) atoms. The van der Waals surface area contributed by atoms with Gasteiger partial charge in [-0.15, -0.1) is 0 Å². The number of rotatable bonds is 8. The first-order valence-corrected chi connectivity index (χ1v) is 10.3. The van der Waals surface area contributed by atoms with Gasteiger partial charge in [-0.2, -0.15) is 13.2 Å². The van der Waals surface area contributed by atoms with Crippen LogP contribution < -0.4 is 10.6 Å². The molecular weight excluding hydrogens is 510 g/mol. The number of benzene rings is 1. The fraction of sp³-hybridized carbons (Fsp3) is 0.263. The van der Waals surface area contributed by atoms with Crippen molar-refractivity contribution in [2.45, 2.75) is 25.3 Å². The molecule has 0 saturated heterocycles. The fourth-order valence-electron chi connectivity index (χ4n) is 2.56. The Morgan fingerprint density at radius 1 is 1.27 bits per heavy atom. The number of carbonyl (C=O) groups excluding carboxylic acids is 1. The predicted molar refractivity (Wildman–Crippen MR) is 118 cm³/mol. The maximum Gasteiger partial charge on any atom is 0.417 e. The number of nitrogens with zero attached hydrogens (tertiary/aromatic N) is 3. The predicted octanol–water partition coefficient (Wildman–Crippen LogP) is 4.89. The van der Waals surface area contributed by atoms with E-state index in [0.717, 1.165) is 12.4 Å². The molecule has 0 fully saturated rings. The molecule has 0 spiro atoms. The Balaban J connectivity index is 1.40. The third-order valence-electron chi connectivity index (χ3n) is 4.22. The SMILES string of the molecule is O=C(NC=NOCc1ccc(Cl)cc1Cl)C1=NO[C@H](CNc2ncc(C(F)(F)F)cc2Cl)C1. The molecule has 8 nitrogen and oxygen atoms in total. The van der Waals surface area contributed by atoms with Gasteiger partial charge in [0.15, 0.2) is 6.10 Å². The molecular formula is C19H15Cl3F3N5O3. The minimum atomic E-state index is -4.54. The second kappa shape index (κ2) is 10.9. The molecule has 1 aliphatic rings. The molecule has 2 heterocycles. The molecule has 0 bridgehead atoms. The Morgan fingerprint density at radius 2 is 2.06 bits per heavy atom. The second-order valence-corrected chi connectivity index (χ2v) is 7.87. The summed E-state index contributed by atoms with van der Waals surface area (Å²) in [6, 6.07) is 5.68. The Morgan fingerprint density at radius 3 is 2.76 bits per heavy atom. The topological polar surface area (TPSA) is 97.2 Å². The van der Waals surface area contributed by atoms with E-state index >= 15 is 0 Å². The zero-order valence-corrected chi connectivity index (χ0v) is 18.8. The number of aromatic nitrogens is 1. The van der Waals surface area contributed by atoms with E-state index in [0.29, 0.717) is 21.8 Å². The van der Waals surface area contributed by atoms with Crippen LogP contribution in [0.5, 0.6) is 0 Å². The minimum Gasteiger partial charge on any atom is -0.390 e. The third-order valence-corrected chi connectivity index (χ3v) is 5.09. The maximum atomic E-state index is 12.7. The number of hydrogen-bond donors (Lipinski definition) is 2. The molecule has 2 N–H and O–H groups in total. The average molecular weight is 525 g/mol. The molecule has 1 aliphatic heterocycles. The lowest BCUT2D eigenvalue weighted by Crippen LogP contribution is -2.31. The highest BCUT2D eigenvalue weighted by molar-refractivity contribution is 6.40. The Bertz CT molecular complexity index is 1080. The van der Waals surface area contributed by atoms with Gasteiger partial charge in [-0.1, -0.05) is 51.2 Å². The van der Waals surface area contributed by atoms with E-state index in [2.05, 4.69) is 25.9 Å². The van der Waals surface area contributed by atoms with Crippen molar-refractivity contribution in [1.29, 1.82) is 0 Å². The lowest BCUT2D eigenvalue weighted by Gasteiger charge is -2.13. The van der Waals surface area contributed by atoms with Gasteiger partial charge in [0, 0.05) is 28.2 Å². The summed E-state index contributed by atoms with van der Waals surface area (Å²) in [5.74, 6) is -0.503. The maximum absolute atomic E-state index is 12.7. The summed E-state index contributed by atoms with van der Waals surface area (Å²) in [4.78, 5) is 26.0. The Hall–Kier alpha value is -2.76. The highest BCUT2D eigenvalue weighted by Gasteiger charge is 2.32. The number of nitrogens with one attached hydrogen (secondary N) is 2. The van der Waals surface area contributed by atoms with E-state index in [-0.39, 0.29) is 36.1 Å². The summed E-state index contributed by atoms with van der Waals surface area (Å²) >= 11 is 17.7. The summed E-state index contributed by atoms with van der Waals surface area (Å²) in [7, 11) is 0. The van der Waals surface area contributed by atoms with Crippen molar-refractivity contribution in [1.82, 2.24) is 10.3 Å². The van der Waals surface area contributed by atoms with Gasteiger partial charge in [0.05, 0.1) is 17.1 Å². The first-order valence-electron chi connectivity index (χ1n) is 9.21. The third kappa shape index (κ3) is 7.11. The summed E-state index contributed by atoms with van der Waals surface area (Å²) in [5.41, 5.74) is -0.198. The van der Waals surface area contributed by atoms with Crippen molar-refractivity contribution in [3.63, 3.8) is 0 Å². The lowest BCUT2D eigenvalue weighted by molar-refractivity contribution is -0.137. The number of pyridine rings is 1. The van der Waals surface area contributed by atoms with Crippen molar-refractivity contribution in [3.05, 3.63) is 56.7 Å². The molecule has 2 aromatic rings. The van der Waals surface area contributed by atoms with Crippen molar-refractivity contribution < 1.29 is 27.6 Å². The van der Waals surface area contributed by atoms with Gasteiger partial charge in [0.25, 0.3) is 5.91 Å². The van der Waals surface area contributed by atoms with Crippen molar-refractivity contribution in [3.8, 4) is 0 Å². The van der Waals surface area contributed by atoms with E-state index in [9.17, 15) is 18.0 Å². The minimum absolute atomic E-state index is 0.0521. The van der Waals surface area contributed by atoms with Crippen LogP contribution in [0.3, 0.4) is 0 Å². The normalized spacial score (nSPS) is 15.8. The Kier molecular flexibility index (Phi) is 8.22. The van der Waals surface area contributed by atoms with E-state index in [1.807, 2.05) is 0 Å². The van der Waals surface area contributed by atoms with Crippen molar-refractivity contribution in [2.24, 2.45) is 10.3 Å². The summed E-state index contributed by atoms with van der Waals surface area (Å²) in [5, 5.41) is 13.2. The van der Waals surface area contributed by atoms with Gasteiger partial charge in [-0.25, -0.2) is 4.98 Å². The van der Waals surface area contributed by atoms with Crippen LogP contribution in [-0.4, -0.2) is 35.6 Å². The standard InChI is InChI=1S/C19H15Cl3F3N5O3/c20-12-2-1-10(14(21)4-12)8-32-29-9-28-18(31)16-5-13(33-30-16)7-27-17-15(22)3-11(6-26-17)19(23,24)25/h1-4,6,9,13H,5,7-8H2,(H,26,27)(H,28,29,31)/t13-/m0/s1. The molecule has 0 radical (unpaired) electrons. The molecule has 0 aliphatic carbocycles. The van der Waals surface area contributed by atoms with Gasteiger partial charge in [-0.3, -0.25) is 4.79 Å². The highest BCUT2D eigenvalue weighted by atomic mass is 35.5. The molecule has 1 amide bonds. The van der Waals surface area contributed by atoms with Crippen LogP contribution in [0.4, 0.5) is 19.0 Å². The molecule has 0 saturated carbocycles. The quantitative estimate of drug-likeness (QED) is 0.291. The van der Waals surface area contributed by atoms with Crippen LogP contribution in [0.1, 0.15) is 17.5 Å². The number of oxime groups is 2. The highest BCUT2D eigenvalue weighted by Crippen LogP contribution is 2.32. The molecule has 3 rings (SSSR count). The van der Waals surface area contributed by atoms with Gasteiger partial charge in [-0.05, 0) is 18.2 Å². The number of halogens is 6. The van der Waals surface area contributed by atoms with Gasteiger partial charge in [0.2, 0.25) is 0 Å². The van der Waals surface area contributed by atoms with Crippen LogP contribution in [0.15, 0.2) is 40.8 Å². The zero-order valence-electron chi connectivity index (χ0n) is 16.5. The molecule has 176 valence electrons. The number of amides is 1. The zero-order chi connectivity index (χ0) is 24.0. The van der Waals surface area contributed by atoms with Crippen LogP contribution in [0, 0.1) is 0 Å². The first kappa shape index (κ1) is 24.9. The number of hydrogen-bond acceptors (Lipinski definition) is 7. The smallest absolute Gasteiger partial charge is 0.390 e. The molecule has 1 aromatic carbocycles. The number of anilines is 1. The van der Waals surface area contributed by atoms with E-state index in [1.165, 1.54) is 0 Å². The molecule has 1 atom stereocenters. The summed E-state index contributed by atoms with van der Waals surface area (Å²) < 4.78 is 38.0. The van der Waals surface area contributed by atoms with E-state index < -0.39 is 23.8 Å². The van der Waals surface area contributed by atoms with Gasteiger partial charge >= 0.3 is 6.18 Å². The van der Waals surface area contributed by atoms with Crippen molar-refractivity contribution >= 4 is 58.6 Å². The average Bonchev–Trinajstić information content (AvgIpc) is 3.22. The second-order valence-electron chi connectivity index (χ2n) is 6.62. The van der Waals surface area contributed by atoms with Gasteiger partial charge < -0.3 is 20.3 Å². The van der Waals surface area contributed by atoms with E-state index in [4.69, 9.17) is 44.5 Å². The Labute approximate surface area is 200 Å².